The number of aryl methyl sites for hydroxylation is 1. The summed E-state index contributed by atoms with van der Waals surface area (Å²) < 4.78 is 12.3. The number of carbonyl (C=O) groups excluding carboxylic acids is 3. The molecule has 0 bridgehead atoms. The van der Waals surface area contributed by atoms with Gasteiger partial charge < -0.3 is 30.0 Å². The molecule has 1 unspecified atom stereocenters. The van der Waals surface area contributed by atoms with Crippen molar-refractivity contribution in [2.45, 2.75) is 39.3 Å². The molecule has 0 saturated carbocycles. The van der Waals surface area contributed by atoms with Gasteiger partial charge in [0.25, 0.3) is 0 Å². The lowest BCUT2D eigenvalue weighted by Gasteiger charge is -2.32. The number of likely N-dealkylation sites (tertiary alicyclic amines) is 1. The number of imidazole rings is 1. The van der Waals surface area contributed by atoms with E-state index in [0.29, 0.717) is 36.3 Å². The number of fused-ring (bicyclic) bond motifs is 1. The number of aromatic nitrogens is 2. The molecule has 1 aromatic heterocycles. The van der Waals surface area contributed by atoms with Crippen LogP contribution in [0.15, 0.2) is 42.5 Å². The van der Waals surface area contributed by atoms with Crippen LogP contribution >= 0.6 is 0 Å². The van der Waals surface area contributed by atoms with Crippen molar-refractivity contribution in [1.82, 2.24) is 19.4 Å². The first-order valence-electron chi connectivity index (χ1n) is 14.2. The van der Waals surface area contributed by atoms with Gasteiger partial charge in [0, 0.05) is 31.4 Å². The van der Waals surface area contributed by atoms with Gasteiger partial charge in [-0.2, -0.15) is 0 Å². The Balaban J connectivity index is 1.65. The van der Waals surface area contributed by atoms with E-state index in [1.165, 1.54) is 4.90 Å². The molecule has 1 saturated heterocycles. The summed E-state index contributed by atoms with van der Waals surface area (Å²) in [4.78, 5) is 47.3. The second-order valence-electron chi connectivity index (χ2n) is 10.1. The number of amides is 1. The fraction of sp³-hybridized carbons (Fsp3) is 0.433. The second-order valence-corrected chi connectivity index (χ2v) is 10.1. The molecule has 12 heteroatoms. The second kappa shape index (κ2) is 13.9. The normalized spacial score (nSPS) is 13.8. The number of benzene rings is 2. The fourth-order valence-electron chi connectivity index (χ4n) is 5.15. The van der Waals surface area contributed by atoms with Gasteiger partial charge >= 0.3 is 11.9 Å². The van der Waals surface area contributed by atoms with Crippen LogP contribution in [0.4, 0.5) is 5.69 Å². The fourth-order valence-corrected chi connectivity index (χ4v) is 5.15. The summed E-state index contributed by atoms with van der Waals surface area (Å²) in [6.45, 7) is 5.00. The molecule has 2 aromatic carbocycles. The summed E-state index contributed by atoms with van der Waals surface area (Å²) in [5, 5.41) is 10.9. The first-order valence-corrected chi connectivity index (χ1v) is 14.2. The van der Waals surface area contributed by atoms with Crippen molar-refractivity contribution in [3.63, 3.8) is 0 Å². The van der Waals surface area contributed by atoms with E-state index in [1.807, 2.05) is 41.9 Å². The predicted molar refractivity (Wildman–Crippen MR) is 159 cm³/mol. The SMILES string of the molecule is CCOC(=O)CN(CC(=O)OCC)C(C(=O)N1CCCC1)c1ccc2c(c1)nc(CNc1ccc(C(=N)N)cc1)n2C. The monoisotopic (exact) mass is 577 g/mol. The summed E-state index contributed by atoms with van der Waals surface area (Å²) in [5.41, 5.74) is 9.24. The third-order valence-corrected chi connectivity index (χ3v) is 7.25. The molecule has 0 spiro atoms. The molecule has 3 aromatic rings. The van der Waals surface area contributed by atoms with E-state index in [2.05, 4.69) is 5.32 Å². The number of nitrogens with zero attached hydrogens (tertiary/aromatic N) is 4. The van der Waals surface area contributed by atoms with Crippen molar-refractivity contribution in [1.29, 1.82) is 5.41 Å². The van der Waals surface area contributed by atoms with E-state index < -0.39 is 18.0 Å². The van der Waals surface area contributed by atoms with Crippen molar-refractivity contribution >= 4 is 40.4 Å². The number of amidine groups is 1. The standard InChI is InChI=1S/C30H39N7O5/c1-4-41-26(38)18-37(19-27(39)42-5-2)28(30(40)36-14-6-7-15-36)21-10-13-24-23(16-21)34-25(35(24)3)17-33-22-11-8-20(9-12-22)29(31)32/h8-13,16,28,33H,4-7,14-15,17-19H2,1-3H3,(H3,31,32). The average Bonchev–Trinajstić information content (AvgIpc) is 3.61. The van der Waals surface area contributed by atoms with Crippen LogP contribution in [-0.2, 0) is 37.4 Å². The quantitative estimate of drug-likeness (QED) is 0.158. The summed E-state index contributed by atoms with van der Waals surface area (Å²) >= 11 is 0. The molecule has 4 N–H and O–H groups in total. The number of rotatable bonds is 13. The van der Waals surface area contributed by atoms with Crippen molar-refractivity contribution < 1.29 is 23.9 Å². The number of nitrogen functional groups attached to an aromatic ring is 1. The van der Waals surface area contributed by atoms with Crippen LogP contribution in [0.2, 0.25) is 0 Å². The number of esters is 2. The number of anilines is 1. The Morgan fingerprint density at radius 2 is 1.64 bits per heavy atom. The molecule has 224 valence electrons. The van der Waals surface area contributed by atoms with E-state index in [1.54, 1.807) is 30.9 Å². The lowest BCUT2D eigenvalue weighted by Crippen LogP contribution is -2.46. The van der Waals surface area contributed by atoms with Gasteiger partial charge in [0.15, 0.2) is 0 Å². The van der Waals surface area contributed by atoms with E-state index in [9.17, 15) is 14.4 Å². The van der Waals surface area contributed by atoms with E-state index in [-0.39, 0.29) is 38.0 Å². The summed E-state index contributed by atoms with van der Waals surface area (Å²) in [7, 11) is 1.92. The molecule has 42 heavy (non-hydrogen) atoms. The zero-order chi connectivity index (χ0) is 30.2. The maximum absolute atomic E-state index is 13.9. The molecule has 2 heterocycles. The Labute approximate surface area is 245 Å². The maximum atomic E-state index is 13.9. The van der Waals surface area contributed by atoms with Crippen molar-refractivity contribution in [3.05, 3.63) is 59.4 Å². The average molecular weight is 578 g/mol. The minimum absolute atomic E-state index is 0.0114. The minimum atomic E-state index is -0.898. The van der Waals surface area contributed by atoms with Crippen LogP contribution in [0.25, 0.3) is 11.0 Å². The van der Waals surface area contributed by atoms with Gasteiger partial charge in [-0.3, -0.25) is 24.7 Å². The van der Waals surface area contributed by atoms with Gasteiger partial charge in [0.05, 0.1) is 43.9 Å². The van der Waals surface area contributed by atoms with Crippen molar-refractivity contribution in [2.24, 2.45) is 12.8 Å². The Morgan fingerprint density at radius 3 is 2.21 bits per heavy atom. The third kappa shape index (κ3) is 7.24. The summed E-state index contributed by atoms with van der Waals surface area (Å²) in [6, 6.07) is 12.0. The lowest BCUT2D eigenvalue weighted by atomic mass is 10.0. The van der Waals surface area contributed by atoms with Gasteiger partial charge in [-0.15, -0.1) is 0 Å². The lowest BCUT2D eigenvalue weighted by molar-refractivity contribution is -0.151. The molecule has 0 radical (unpaired) electrons. The Hall–Kier alpha value is -4.45. The van der Waals surface area contributed by atoms with Gasteiger partial charge in [0.2, 0.25) is 5.91 Å². The highest BCUT2D eigenvalue weighted by molar-refractivity contribution is 5.95. The minimum Gasteiger partial charge on any atom is -0.465 e. The van der Waals surface area contributed by atoms with E-state index in [4.69, 9.17) is 25.6 Å². The highest BCUT2D eigenvalue weighted by Gasteiger charge is 2.35. The highest BCUT2D eigenvalue weighted by atomic mass is 16.5. The number of nitrogens with one attached hydrogen (secondary N) is 2. The molecule has 1 fully saturated rings. The number of ether oxygens (including phenoxy) is 2. The van der Waals surface area contributed by atoms with Crippen LogP contribution in [0.3, 0.4) is 0 Å². The van der Waals surface area contributed by atoms with Crippen LogP contribution in [0, 0.1) is 5.41 Å². The van der Waals surface area contributed by atoms with Crippen LogP contribution in [0.5, 0.6) is 0 Å². The molecule has 0 aliphatic carbocycles. The highest BCUT2D eigenvalue weighted by Crippen LogP contribution is 2.29. The number of nitrogens with two attached hydrogens (primary N) is 1. The zero-order valence-electron chi connectivity index (χ0n) is 24.4. The topological polar surface area (TPSA) is 156 Å². The zero-order valence-corrected chi connectivity index (χ0v) is 24.4. The van der Waals surface area contributed by atoms with E-state index >= 15 is 0 Å². The Bertz CT molecular complexity index is 1410. The number of carbonyl (C=O) groups is 3. The largest absolute Gasteiger partial charge is 0.465 e. The van der Waals surface area contributed by atoms with Gasteiger partial charge in [-0.25, -0.2) is 4.98 Å². The van der Waals surface area contributed by atoms with Crippen molar-refractivity contribution in [2.75, 3.05) is 44.7 Å². The van der Waals surface area contributed by atoms with E-state index in [0.717, 1.165) is 29.9 Å². The molecule has 1 aliphatic rings. The van der Waals surface area contributed by atoms with Crippen LogP contribution in [-0.4, -0.2) is 82.4 Å². The first kappa shape index (κ1) is 30.5. The first-order chi connectivity index (χ1) is 20.2. The molecule has 12 nitrogen and oxygen atoms in total. The molecule has 1 amide bonds. The molecular formula is C30H39N7O5. The molecule has 4 rings (SSSR count). The summed E-state index contributed by atoms with van der Waals surface area (Å²) in [6.07, 6.45) is 1.81. The summed E-state index contributed by atoms with van der Waals surface area (Å²) in [5.74, 6) is -0.436. The number of hydrogen-bond donors (Lipinski definition) is 3. The smallest absolute Gasteiger partial charge is 0.320 e. The molecule has 1 atom stereocenters. The Kier molecular flexibility index (Phi) is 10.1. The van der Waals surface area contributed by atoms with Crippen molar-refractivity contribution in [3.8, 4) is 0 Å². The van der Waals surface area contributed by atoms with Gasteiger partial charge in [-0.05, 0) is 68.7 Å². The number of hydrogen-bond acceptors (Lipinski definition) is 9. The predicted octanol–water partition coefficient (Wildman–Crippen LogP) is 2.56. The maximum Gasteiger partial charge on any atom is 0.320 e. The van der Waals surface area contributed by atoms with Gasteiger partial charge in [0.1, 0.15) is 17.7 Å². The molecular weight excluding hydrogens is 538 g/mol. The van der Waals surface area contributed by atoms with Gasteiger partial charge in [-0.1, -0.05) is 6.07 Å². The third-order valence-electron chi connectivity index (χ3n) is 7.25. The van der Waals surface area contributed by atoms with Crippen LogP contribution < -0.4 is 11.1 Å². The molecule has 1 aliphatic heterocycles. The van der Waals surface area contributed by atoms with Crippen LogP contribution in [0.1, 0.15) is 49.7 Å². The Morgan fingerprint density at radius 1 is 1.02 bits per heavy atom.